The Labute approximate surface area is 127 Å². The third kappa shape index (κ3) is 3.41. The summed E-state index contributed by atoms with van der Waals surface area (Å²) in [4.78, 5) is 0.0266. The molecule has 0 fully saturated rings. The van der Waals surface area contributed by atoms with Crippen LogP contribution in [-0.4, -0.2) is 28.3 Å². The topological polar surface area (TPSA) is 97.1 Å². The Morgan fingerprint density at radius 3 is 2.71 bits per heavy atom. The van der Waals surface area contributed by atoms with Crippen molar-refractivity contribution in [3.8, 4) is 0 Å². The highest BCUT2D eigenvalue weighted by Gasteiger charge is 2.21. The number of aryl methyl sites for hydroxylation is 1. The molecule has 2 rings (SSSR count). The van der Waals surface area contributed by atoms with Gasteiger partial charge in [0.2, 0.25) is 10.0 Å². The molecule has 0 spiro atoms. The van der Waals surface area contributed by atoms with Gasteiger partial charge in [-0.25, -0.2) is 13.1 Å². The van der Waals surface area contributed by atoms with Crippen LogP contribution in [0.25, 0.3) is 0 Å². The van der Waals surface area contributed by atoms with Gasteiger partial charge in [0.25, 0.3) is 0 Å². The molecular weight excluding hydrogens is 316 g/mol. The molecule has 1 atom stereocenters. The maximum Gasteiger partial charge on any atom is 0.241 e. The van der Waals surface area contributed by atoms with Crippen LogP contribution in [0.4, 0.5) is 0 Å². The molecule has 0 aliphatic carbocycles. The van der Waals surface area contributed by atoms with Gasteiger partial charge in [0.1, 0.15) is 12.2 Å². The van der Waals surface area contributed by atoms with Crippen LogP contribution in [-0.2, 0) is 23.7 Å². The van der Waals surface area contributed by atoms with Crippen molar-refractivity contribution in [1.29, 1.82) is 0 Å². The Kier molecular flexibility index (Phi) is 4.62. The number of aliphatic hydroxyl groups is 1. The number of rotatable bonds is 5. The summed E-state index contributed by atoms with van der Waals surface area (Å²) in [6.45, 7) is 1.42. The zero-order valence-corrected chi connectivity index (χ0v) is 13.1. The van der Waals surface area contributed by atoms with Crippen molar-refractivity contribution in [2.45, 2.75) is 24.5 Å². The Morgan fingerprint density at radius 2 is 2.19 bits per heavy atom. The number of hydrogen-bond acceptors (Lipinski definition) is 5. The molecule has 0 bridgehead atoms. The lowest BCUT2D eigenvalue weighted by atomic mass is 10.2. The van der Waals surface area contributed by atoms with E-state index >= 15 is 0 Å². The molecule has 2 N–H and O–H groups in total. The van der Waals surface area contributed by atoms with Crippen molar-refractivity contribution in [3.05, 3.63) is 40.9 Å². The Bertz CT molecular complexity index is 745. The van der Waals surface area contributed by atoms with E-state index in [1.807, 2.05) is 0 Å². The molecule has 0 saturated heterocycles. The molecule has 114 valence electrons. The van der Waals surface area contributed by atoms with Crippen LogP contribution < -0.4 is 4.72 Å². The van der Waals surface area contributed by atoms with Gasteiger partial charge in [-0.1, -0.05) is 17.7 Å². The maximum atomic E-state index is 12.3. The van der Waals surface area contributed by atoms with E-state index in [0.29, 0.717) is 11.4 Å². The average Bonchev–Trinajstić information content (AvgIpc) is 2.84. The van der Waals surface area contributed by atoms with E-state index in [1.165, 1.54) is 24.5 Å². The molecule has 21 heavy (non-hydrogen) atoms. The van der Waals surface area contributed by atoms with Crippen LogP contribution in [0.2, 0.25) is 5.02 Å². The molecule has 1 unspecified atom stereocenters. The summed E-state index contributed by atoms with van der Waals surface area (Å²) in [6, 6.07) is 3.63. The maximum absolute atomic E-state index is 12.3. The van der Waals surface area contributed by atoms with E-state index in [-0.39, 0.29) is 16.5 Å². The van der Waals surface area contributed by atoms with Gasteiger partial charge in [-0.15, -0.1) is 10.2 Å². The molecule has 0 amide bonds. The third-order valence-corrected chi connectivity index (χ3v) is 4.86. The van der Waals surface area contributed by atoms with Crippen molar-refractivity contribution < 1.29 is 13.5 Å². The van der Waals surface area contributed by atoms with E-state index in [1.54, 1.807) is 18.5 Å². The lowest BCUT2D eigenvalue weighted by molar-refractivity contribution is 0.282. The van der Waals surface area contributed by atoms with E-state index in [2.05, 4.69) is 14.9 Å². The Morgan fingerprint density at radius 1 is 1.48 bits per heavy atom. The lowest BCUT2D eigenvalue weighted by Gasteiger charge is -2.14. The lowest BCUT2D eigenvalue weighted by Crippen LogP contribution is -2.28. The van der Waals surface area contributed by atoms with Crippen molar-refractivity contribution in [2.75, 3.05) is 0 Å². The monoisotopic (exact) mass is 330 g/mol. The minimum atomic E-state index is -3.75. The first-order chi connectivity index (χ1) is 9.85. The van der Waals surface area contributed by atoms with Crippen LogP contribution >= 0.6 is 11.6 Å². The van der Waals surface area contributed by atoms with Gasteiger partial charge in [0.15, 0.2) is 0 Å². The second kappa shape index (κ2) is 6.10. The van der Waals surface area contributed by atoms with E-state index < -0.39 is 16.1 Å². The highest BCUT2D eigenvalue weighted by molar-refractivity contribution is 7.89. The van der Waals surface area contributed by atoms with Crippen molar-refractivity contribution in [3.63, 3.8) is 0 Å². The molecule has 2 aromatic rings. The number of halogens is 1. The van der Waals surface area contributed by atoms with Crippen LogP contribution in [0.1, 0.15) is 24.4 Å². The summed E-state index contributed by atoms with van der Waals surface area (Å²) in [6.07, 6.45) is 1.49. The molecule has 1 aromatic heterocycles. The summed E-state index contributed by atoms with van der Waals surface area (Å²) in [7, 11) is -2.02. The summed E-state index contributed by atoms with van der Waals surface area (Å²) >= 11 is 5.92. The van der Waals surface area contributed by atoms with Crippen LogP contribution in [0.15, 0.2) is 29.4 Å². The quantitative estimate of drug-likeness (QED) is 0.852. The van der Waals surface area contributed by atoms with E-state index in [0.717, 1.165) is 0 Å². The number of sulfonamides is 1. The van der Waals surface area contributed by atoms with Gasteiger partial charge in [0.05, 0.1) is 17.5 Å². The zero-order valence-electron chi connectivity index (χ0n) is 11.5. The predicted octanol–water partition coefficient (Wildman–Crippen LogP) is 1.00. The summed E-state index contributed by atoms with van der Waals surface area (Å²) < 4.78 is 28.8. The first-order valence-electron chi connectivity index (χ1n) is 6.10. The second-order valence-electron chi connectivity index (χ2n) is 4.55. The minimum Gasteiger partial charge on any atom is -0.392 e. The SMILES string of the molecule is CC(NS(=O)(=O)c1ccc(CO)c(Cl)c1)c1nncn1C. The number of benzene rings is 1. The number of nitrogens with zero attached hydrogens (tertiary/aromatic N) is 3. The van der Waals surface area contributed by atoms with Crippen LogP contribution in [0, 0.1) is 0 Å². The molecule has 0 aliphatic heterocycles. The first kappa shape index (κ1) is 15.9. The second-order valence-corrected chi connectivity index (χ2v) is 6.68. The molecule has 9 heteroatoms. The fourth-order valence-corrected chi connectivity index (χ4v) is 3.39. The Hall–Kier alpha value is -1.48. The van der Waals surface area contributed by atoms with E-state index in [9.17, 15) is 8.42 Å². The fourth-order valence-electron chi connectivity index (χ4n) is 1.86. The molecule has 1 heterocycles. The number of nitrogens with one attached hydrogen (secondary N) is 1. The summed E-state index contributed by atoms with van der Waals surface area (Å²) in [5, 5.41) is 16.8. The molecule has 0 aliphatic rings. The molecular formula is C12H15ClN4O3S. The largest absolute Gasteiger partial charge is 0.392 e. The molecule has 1 aromatic carbocycles. The van der Waals surface area contributed by atoms with Gasteiger partial charge in [-0.2, -0.15) is 0 Å². The van der Waals surface area contributed by atoms with Gasteiger partial charge >= 0.3 is 0 Å². The third-order valence-electron chi connectivity index (χ3n) is 2.97. The normalized spacial score (nSPS) is 13.3. The smallest absolute Gasteiger partial charge is 0.241 e. The molecule has 0 radical (unpaired) electrons. The molecule has 7 nitrogen and oxygen atoms in total. The van der Waals surface area contributed by atoms with Gasteiger partial charge in [0, 0.05) is 12.1 Å². The standard InChI is InChI=1S/C12H15ClN4O3S/c1-8(12-15-14-7-17(12)2)16-21(19,20)10-4-3-9(6-18)11(13)5-10/h3-5,7-8,16,18H,6H2,1-2H3. The number of aliphatic hydroxyl groups excluding tert-OH is 1. The van der Waals surface area contributed by atoms with Crippen molar-refractivity contribution in [1.82, 2.24) is 19.5 Å². The Balaban J connectivity index is 2.26. The van der Waals surface area contributed by atoms with Crippen molar-refractivity contribution >= 4 is 21.6 Å². The van der Waals surface area contributed by atoms with Crippen LogP contribution in [0.3, 0.4) is 0 Å². The van der Waals surface area contributed by atoms with Gasteiger partial charge < -0.3 is 9.67 Å². The zero-order chi connectivity index (χ0) is 15.6. The summed E-state index contributed by atoms with van der Waals surface area (Å²) in [5.74, 6) is 0.497. The fraction of sp³-hybridized carbons (Fsp3) is 0.333. The molecule has 0 saturated carbocycles. The van der Waals surface area contributed by atoms with Crippen LogP contribution in [0.5, 0.6) is 0 Å². The highest BCUT2D eigenvalue weighted by atomic mass is 35.5. The van der Waals surface area contributed by atoms with Crippen molar-refractivity contribution in [2.24, 2.45) is 7.05 Å². The predicted molar refractivity (Wildman–Crippen MR) is 77.1 cm³/mol. The highest BCUT2D eigenvalue weighted by Crippen LogP contribution is 2.22. The van der Waals surface area contributed by atoms with Gasteiger partial charge in [-0.3, -0.25) is 0 Å². The average molecular weight is 331 g/mol. The van der Waals surface area contributed by atoms with Gasteiger partial charge in [-0.05, 0) is 24.6 Å². The first-order valence-corrected chi connectivity index (χ1v) is 7.97. The van der Waals surface area contributed by atoms with E-state index in [4.69, 9.17) is 16.7 Å². The summed E-state index contributed by atoms with van der Waals surface area (Å²) in [5.41, 5.74) is 0.469. The number of hydrogen-bond donors (Lipinski definition) is 2. The minimum absolute atomic E-state index is 0.0266. The number of aromatic nitrogens is 3.